The minimum Gasteiger partial charge on any atom is -0.318 e. The molecule has 0 aliphatic carbocycles. The number of hydrogen-bond donors (Lipinski definition) is 0. The molecule has 6 heteroatoms. The van der Waals surface area contributed by atoms with Crippen LogP contribution in [0.2, 0.25) is 0 Å². The molecular formula is C20H22N4O2. The van der Waals surface area contributed by atoms with Crippen LogP contribution in [0.4, 0.5) is 0 Å². The number of nitrogens with zero attached hydrogens (tertiary/aromatic N) is 4. The van der Waals surface area contributed by atoms with Crippen LogP contribution in [-0.2, 0) is 20.6 Å². The summed E-state index contributed by atoms with van der Waals surface area (Å²) in [5.41, 5.74) is 1.83. The zero-order chi connectivity index (χ0) is 18.3. The number of aromatic nitrogens is 3. The number of rotatable bonds is 3. The van der Waals surface area contributed by atoms with Gasteiger partial charge in [0.05, 0.1) is 16.9 Å². The van der Waals surface area contributed by atoms with Gasteiger partial charge in [0.1, 0.15) is 5.82 Å². The van der Waals surface area contributed by atoms with Crippen molar-refractivity contribution in [3.05, 3.63) is 74.7 Å². The van der Waals surface area contributed by atoms with E-state index in [9.17, 15) is 9.59 Å². The second-order valence-corrected chi connectivity index (χ2v) is 6.97. The Morgan fingerprint density at radius 2 is 1.92 bits per heavy atom. The highest BCUT2D eigenvalue weighted by atomic mass is 16.1. The van der Waals surface area contributed by atoms with Crippen LogP contribution < -0.4 is 11.1 Å². The normalized spacial score (nSPS) is 17.8. The van der Waals surface area contributed by atoms with Crippen LogP contribution in [-0.4, -0.2) is 25.6 Å². The third-order valence-corrected chi connectivity index (χ3v) is 5.21. The summed E-state index contributed by atoms with van der Waals surface area (Å²) >= 11 is 0. The van der Waals surface area contributed by atoms with E-state index in [4.69, 9.17) is 4.98 Å². The fourth-order valence-electron chi connectivity index (χ4n) is 3.82. The van der Waals surface area contributed by atoms with Gasteiger partial charge in [0.15, 0.2) is 0 Å². The molecule has 134 valence electrons. The van der Waals surface area contributed by atoms with Crippen molar-refractivity contribution in [1.82, 2.24) is 19.0 Å². The van der Waals surface area contributed by atoms with Crippen molar-refractivity contribution in [3.63, 3.8) is 0 Å². The topological polar surface area (TPSA) is 60.1 Å². The molecule has 1 unspecified atom stereocenters. The molecule has 0 radical (unpaired) electrons. The van der Waals surface area contributed by atoms with E-state index in [-0.39, 0.29) is 17.2 Å². The first kappa shape index (κ1) is 16.7. The number of aryl methyl sites for hydroxylation is 1. The molecule has 0 spiro atoms. The molecule has 0 amide bonds. The Labute approximate surface area is 151 Å². The van der Waals surface area contributed by atoms with E-state index < -0.39 is 0 Å². The standard InChI is InChI=1S/C20H22N4O2/c1-22-12-14(9-10-18(22)25)13-24-11-5-8-17(24)19-21-16-7-4-3-6-15(16)20(26)23(19)2/h3-4,6-7,9-10,12,17H,5,8,11,13H2,1-2H3. The van der Waals surface area contributed by atoms with Crippen LogP contribution in [0.25, 0.3) is 10.9 Å². The van der Waals surface area contributed by atoms with Crippen molar-refractivity contribution in [1.29, 1.82) is 0 Å². The first-order chi connectivity index (χ1) is 12.5. The number of fused-ring (bicyclic) bond motifs is 1. The molecule has 3 heterocycles. The summed E-state index contributed by atoms with van der Waals surface area (Å²) in [6.07, 6.45) is 3.92. The Bertz CT molecular complexity index is 1080. The van der Waals surface area contributed by atoms with Crippen molar-refractivity contribution in [2.24, 2.45) is 14.1 Å². The highest BCUT2D eigenvalue weighted by Gasteiger charge is 2.29. The summed E-state index contributed by atoms with van der Waals surface area (Å²) in [5, 5.41) is 0.654. The lowest BCUT2D eigenvalue weighted by molar-refractivity contribution is 0.234. The summed E-state index contributed by atoms with van der Waals surface area (Å²) in [5.74, 6) is 0.816. The molecule has 6 nitrogen and oxygen atoms in total. The summed E-state index contributed by atoms with van der Waals surface area (Å²) < 4.78 is 3.29. The molecule has 1 fully saturated rings. The van der Waals surface area contributed by atoms with Crippen LogP contribution in [0, 0.1) is 0 Å². The minimum atomic E-state index is -0.00897. The van der Waals surface area contributed by atoms with Gasteiger partial charge in [-0.15, -0.1) is 0 Å². The van der Waals surface area contributed by atoms with Gasteiger partial charge in [0, 0.05) is 32.9 Å². The third-order valence-electron chi connectivity index (χ3n) is 5.21. The van der Waals surface area contributed by atoms with Crippen molar-refractivity contribution < 1.29 is 0 Å². The molecule has 1 aliphatic heterocycles. The first-order valence-corrected chi connectivity index (χ1v) is 8.90. The fourth-order valence-corrected chi connectivity index (χ4v) is 3.82. The number of hydrogen-bond acceptors (Lipinski definition) is 4. The molecule has 1 saturated heterocycles. The molecule has 0 saturated carbocycles. The first-order valence-electron chi connectivity index (χ1n) is 8.90. The zero-order valence-electron chi connectivity index (χ0n) is 15.1. The summed E-state index contributed by atoms with van der Waals surface area (Å²) in [4.78, 5) is 31.5. The van der Waals surface area contributed by atoms with E-state index in [2.05, 4.69) is 4.90 Å². The van der Waals surface area contributed by atoms with Crippen LogP contribution in [0.3, 0.4) is 0 Å². The van der Waals surface area contributed by atoms with Crippen molar-refractivity contribution in [2.75, 3.05) is 6.54 Å². The maximum absolute atomic E-state index is 12.7. The van der Waals surface area contributed by atoms with Gasteiger partial charge in [-0.25, -0.2) is 4.98 Å². The Morgan fingerprint density at radius 1 is 1.12 bits per heavy atom. The van der Waals surface area contributed by atoms with E-state index in [0.717, 1.165) is 42.8 Å². The summed E-state index contributed by atoms with van der Waals surface area (Å²) in [7, 11) is 3.57. The van der Waals surface area contributed by atoms with E-state index in [1.54, 1.807) is 29.3 Å². The van der Waals surface area contributed by atoms with Crippen LogP contribution in [0.1, 0.15) is 30.3 Å². The van der Waals surface area contributed by atoms with Crippen molar-refractivity contribution >= 4 is 10.9 Å². The SMILES string of the molecule is Cn1cc(CN2CCCC2c2nc3ccccc3c(=O)n2C)ccc1=O. The van der Waals surface area contributed by atoms with Crippen LogP contribution >= 0.6 is 0 Å². The Balaban J connectivity index is 1.71. The van der Waals surface area contributed by atoms with Gasteiger partial charge in [0.25, 0.3) is 5.56 Å². The number of benzene rings is 1. The average Bonchev–Trinajstić information content (AvgIpc) is 3.09. The predicted octanol–water partition coefficient (Wildman–Crippen LogP) is 1.97. The lowest BCUT2D eigenvalue weighted by Gasteiger charge is -2.25. The molecule has 1 aromatic carbocycles. The van der Waals surface area contributed by atoms with Crippen molar-refractivity contribution in [2.45, 2.75) is 25.4 Å². The van der Waals surface area contributed by atoms with Gasteiger partial charge in [0.2, 0.25) is 5.56 Å². The Kier molecular flexibility index (Phi) is 4.20. The maximum Gasteiger partial charge on any atom is 0.261 e. The second kappa shape index (κ2) is 6.53. The lowest BCUT2D eigenvalue weighted by atomic mass is 10.1. The van der Waals surface area contributed by atoms with E-state index in [1.165, 1.54) is 0 Å². The monoisotopic (exact) mass is 350 g/mol. The largest absolute Gasteiger partial charge is 0.318 e. The molecule has 3 aromatic rings. The fraction of sp³-hybridized carbons (Fsp3) is 0.350. The number of likely N-dealkylation sites (tertiary alicyclic amines) is 1. The quantitative estimate of drug-likeness (QED) is 0.725. The zero-order valence-corrected chi connectivity index (χ0v) is 15.1. The molecule has 26 heavy (non-hydrogen) atoms. The van der Waals surface area contributed by atoms with Crippen molar-refractivity contribution in [3.8, 4) is 0 Å². The van der Waals surface area contributed by atoms with Gasteiger partial charge < -0.3 is 4.57 Å². The van der Waals surface area contributed by atoms with Gasteiger partial charge in [-0.2, -0.15) is 0 Å². The molecule has 2 aromatic heterocycles. The maximum atomic E-state index is 12.7. The highest BCUT2D eigenvalue weighted by molar-refractivity contribution is 5.77. The smallest absolute Gasteiger partial charge is 0.261 e. The van der Waals surface area contributed by atoms with Crippen LogP contribution in [0.5, 0.6) is 0 Å². The van der Waals surface area contributed by atoms with Gasteiger partial charge in [-0.05, 0) is 37.1 Å². The third kappa shape index (κ3) is 2.86. The molecule has 0 N–H and O–H groups in total. The Hall–Kier alpha value is -2.73. The number of para-hydroxylation sites is 1. The lowest BCUT2D eigenvalue weighted by Crippen LogP contribution is -2.31. The molecule has 4 rings (SSSR count). The summed E-state index contributed by atoms with van der Waals surface area (Å²) in [6.45, 7) is 1.69. The summed E-state index contributed by atoms with van der Waals surface area (Å²) in [6, 6.07) is 11.1. The van der Waals surface area contributed by atoms with E-state index in [0.29, 0.717) is 5.39 Å². The Morgan fingerprint density at radius 3 is 2.73 bits per heavy atom. The minimum absolute atomic E-state index is 0.000409. The van der Waals surface area contributed by atoms with E-state index >= 15 is 0 Å². The van der Waals surface area contributed by atoms with Gasteiger partial charge in [-0.3, -0.25) is 19.1 Å². The van der Waals surface area contributed by atoms with E-state index in [1.807, 2.05) is 36.5 Å². The van der Waals surface area contributed by atoms with Gasteiger partial charge >= 0.3 is 0 Å². The molecule has 1 atom stereocenters. The molecule has 0 bridgehead atoms. The predicted molar refractivity (Wildman–Crippen MR) is 101 cm³/mol. The highest BCUT2D eigenvalue weighted by Crippen LogP contribution is 2.32. The molecular weight excluding hydrogens is 328 g/mol. The second-order valence-electron chi connectivity index (χ2n) is 6.97. The number of pyridine rings is 1. The van der Waals surface area contributed by atoms with Crippen LogP contribution in [0.15, 0.2) is 52.2 Å². The molecule has 1 aliphatic rings. The average molecular weight is 350 g/mol. The van der Waals surface area contributed by atoms with Gasteiger partial charge in [-0.1, -0.05) is 18.2 Å².